The highest BCUT2D eigenvalue weighted by Crippen LogP contribution is 2.36. The fourth-order valence-corrected chi connectivity index (χ4v) is 4.77. The molecule has 0 fully saturated rings. The molecule has 0 amide bonds. The first-order valence-electron chi connectivity index (χ1n) is 12.1. The third-order valence-electron chi connectivity index (χ3n) is 6.59. The second-order valence-corrected chi connectivity index (χ2v) is 8.82. The van der Waals surface area contributed by atoms with Gasteiger partial charge in [-0.05, 0) is 46.5 Å². The van der Waals surface area contributed by atoms with Gasteiger partial charge in [-0.2, -0.15) is 0 Å². The minimum atomic E-state index is 0.691. The molecular weight excluding hydrogens is 430 g/mol. The molecule has 0 aliphatic carbocycles. The van der Waals surface area contributed by atoms with Crippen molar-refractivity contribution in [2.45, 2.75) is 12.8 Å². The summed E-state index contributed by atoms with van der Waals surface area (Å²) in [6.45, 7) is 1.38. The Labute approximate surface area is 206 Å². The lowest BCUT2D eigenvalue weighted by Crippen LogP contribution is -2.15. The third-order valence-corrected chi connectivity index (χ3v) is 6.59. The Balaban J connectivity index is 1.43. The molecule has 0 radical (unpaired) electrons. The van der Waals surface area contributed by atoms with Crippen LogP contribution in [-0.4, -0.2) is 13.2 Å². The Bertz CT molecular complexity index is 1320. The van der Waals surface area contributed by atoms with Crippen molar-refractivity contribution in [2.24, 2.45) is 0 Å². The van der Waals surface area contributed by atoms with Gasteiger partial charge in [-0.15, -0.1) is 0 Å². The Kier molecular flexibility index (Phi) is 5.82. The van der Waals surface area contributed by atoms with Gasteiger partial charge in [0.25, 0.3) is 0 Å². The first-order valence-corrected chi connectivity index (χ1v) is 12.1. The fraction of sp³-hybridized carbons (Fsp3) is 0.125. The molecule has 0 unspecified atom stereocenters. The average Bonchev–Trinajstić information content (AvgIpc) is 2.94. The lowest BCUT2D eigenvalue weighted by atomic mass is 9.99. The van der Waals surface area contributed by atoms with Crippen LogP contribution in [0.1, 0.15) is 24.0 Å². The first-order chi connectivity index (χ1) is 17.3. The zero-order valence-corrected chi connectivity index (χ0v) is 19.6. The zero-order valence-electron chi connectivity index (χ0n) is 19.6. The van der Waals surface area contributed by atoms with Crippen LogP contribution in [0.5, 0.6) is 11.5 Å². The topological polar surface area (TPSA) is 21.7 Å². The molecule has 0 saturated carbocycles. The van der Waals surface area contributed by atoms with E-state index < -0.39 is 0 Å². The van der Waals surface area contributed by atoms with E-state index in [4.69, 9.17) is 9.47 Å². The highest BCUT2D eigenvalue weighted by molar-refractivity contribution is 5.79. The predicted octanol–water partition coefficient (Wildman–Crippen LogP) is 7.81. The van der Waals surface area contributed by atoms with Crippen molar-refractivity contribution in [3.05, 3.63) is 127 Å². The van der Waals surface area contributed by atoms with Crippen molar-refractivity contribution >= 4 is 16.8 Å². The monoisotopic (exact) mass is 457 g/mol. The summed E-state index contributed by atoms with van der Waals surface area (Å²) < 4.78 is 11.8. The molecule has 2 aliphatic rings. The van der Waals surface area contributed by atoms with Crippen molar-refractivity contribution in [1.29, 1.82) is 0 Å². The van der Waals surface area contributed by atoms with Crippen LogP contribution in [0.4, 0.5) is 5.69 Å². The van der Waals surface area contributed by atoms with Gasteiger partial charge < -0.3 is 14.4 Å². The minimum absolute atomic E-state index is 0.691. The lowest BCUT2D eigenvalue weighted by Gasteiger charge is -2.26. The van der Waals surface area contributed by atoms with E-state index in [2.05, 4.69) is 108 Å². The summed E-state index contributed by atoms with van der Waals surface area (Å²) >= 11 is 0. The Hall–Kier alpha value is -4.24. The van der Waals surface area contributed by atoms with E-state index in [0.717, 1.165) is 41.2 Å². The van der Waals surface area contributed by atoms with Crippen LogP contribution in [0.15, 0.2) is 116 Å². The van der Waals surface area contributed by atoms with Crippen LogP contribution in [0.2, 0.25) is 0 Å². The van der Waals surface area contributed by atoms with Gasteiger partial charge in [0, 0.05) is 42.1 Å². The van der Waals surface area contributed by atoms with Crippen molar-refractivity contribution in [2.75, 3.05) is 18.1 Å². The van der Waals surface area contributed by atoms with Crippen LogP contribution in [0, 0.1) is 0 Å². The van der Waals surface area contributed by atoms with Gasteiger partial charge in [-0.1, -0.05) is 78.9 Å². The number of anilines is 1. The normalized spacial score (nSPS) is 16.7. The smallest absolute Gasteiger partial charge is 0.126 e. The number of nitrogens with zero attached hydrogens (tertiary/aromatic N) is 1. The van der Waals surface area contributed by atoms with Gasteiger partial charge in [0.1, 0.15) is 11.5 Å². The molecular formula is C32H27NO2. The molecule has 0 atom stereocenters. The summed E-state index contributed by atoms with van der Waals surface area (Å²) in [5.41, 5.74) is 8.43. The maximum absolute atomic E-state index is 5.91. The number of para-hydroxylation sites is 2. The number of hydrogen-bond donors (Lipinski definition) is 0. The summed E-state index contributed by atoms with van der Waals surface area (Å²) in [6.07, 6.45) is 6.28. The van der Waals surface area contributed by atoms with Crippen LogP contribution >= 0.6 is 0 Å². The molecule has 35 heavy (non-hydrogen) atoms. The average molecular weight is 458 g/mol. The van der Waals surface area contributed by atoms with E-state index in [1.54, 1.807) is 0 Å². The summed E-state index contributed by atoms with van der Waals surface area (Å²) in [6, 6.07) is 35.9. The number of rotatable bonds is 4. The molecule has 4 aromatic carbocycles. The fourth-order valence-electron chi connectivity index (χ4n) is 4.77. The number of hydrogen-bond acceptors (Lipinski definition) is 3. The largest absolute Gasteiger partial charge is 0.493 e. The molecule has 0 spiro atoms. The van der Waals surface area contributed by atoms with E-state index in [0.29, 0.717) is 13.2 Å². The maximum Gasteiger partial charge on any atom is 0.126 e. The first kappa shape index (κ1) is 21.3. The quantitative estimate of drug-likeness (QED) is 0.312. The molecule has 0 bridgehead atoms. The highest BCUT2D eigenvalue weighted by Gasteiger charge is 2.19. The molecule has 0 aromatic heterocycles. The predicted molar refractivity (Wildman–Crippen MR) is 143 cm³/mol. The van der Waals surface area contributed by atoms with Gasteiger partial charge in [-0.3, -0.25) is 0 Å². The molecule has 3 heteroatoms. The van der Waals surface area contributed by atoms with E-state index in [-0.39, 0.29) is 0 Å². The molecule has 4 aromatic rings. The SMILES string of the molecule is C(=C1\CCOc2ccccc21)/N(/C=C1\CCOc2ccccc21)c1ccc(-c2ccccc2)cc1. The molecule has 0 saturated heterocycles. The van der Waals surface area contributed by atoms with Gasteiger partial charge in [0.05, 0.1) is 13.2 Å². The molecule has 6 rings (SSSR count). The molecule has 3 nitrogen and oxygen atoms in total. The Morgan fingerprint density at radius 3 is 1.57 bits per heavy atom. The summed E-state index contributed by atoms with van der Waals surface area (Å²) in [7, 11) is 0. The second kappa shape index (κ2) is 9.55. The van der Waals surface area contributed by atoms with Gasteiger partial charge in [-0.25, -0.2) is 0 Å². The van der Waals surface area contributed by atoms with Gasteiger partial charge >= 0.3 is 0 Å². The Morgan fingerprint density at radius 1 is 0.514 bits per heavy atom. The van der Waals surface area contributed by atoms with E-state index in [9.17, 15) is 0 Å². The zero-order chi connectivity index (χ0) is 23.5. The number of benzene rings is 4. The molecule has 0 N–H and O–H groups in total. The molecule has 172 valence electrons. The summed E-state index contributed by atoms with van der Waals surface area (Å²) in [4.78, 5) is 2.27. The third kappa shape index (κ3) is 4.45. The standard InChI is InChI=1S/C32H27NO2/c1-2-8-24(9-3-1)25-14-16-28(17-15-25)33(22-26-18-20-34-31-12-6-4-10-29(26)31)23-27-19-21-35-32-13-7-5-11-30(27)32/h1-17,22-23H,18-21H2/b26-22-,27-23+. The van der Waals surface area contributed by atoms with Crippen LogP contribution in [0.25, 0.3) is 22.3 Å². The molecule has 2 aliphatic heterocycles. The number of ether oxygens (including phenoxy) is 2. The van der Waals surface area contributed by atoms with Crippen molar-refractivity contribution in [3.8, 4) is 22.6 Å². The summed E-state index contributed by atoms with van der Waals surface area (Å²) in [5.74, 6) is 1.90. The number of fused-ring (bicyclic) bond motifs is 2. The van der Waals surface area contributed by atoms with E-state index >= 15 is 0 Å². The Morgan fingerprint density at radius 2 is 1.00 bits per heavy atom. The second-order valence-electron chi connectivity index (χ2n) is 8.82. The van der Waals surface area contributed by atoms with Crippen LogP contribution in [0.3, 0.4) is 0 Å². The van der Waals surface area contributed by atoms with Crippen molar-refractivity contribution in [3.63, 3.8) is 0 Å². The highest BCUT2D eigenvalue weighted by atomic mass is 16.5. The van der Waals surface area contributed by atoms with Crippen molar-refractivity contribution < 1.29 is 9.47 Å². The van der Waals surface area contributed by atoms with Crippen molar-refractivity contribution in [1.82, 2.24) is 0 Å². The summed E-state index contributed by atoms with van der Waals surface area (Å²) in [5, 5.41) is 0. The van der Waals surface area contributed by atoms with E-state index in [1.807, 2.05) is 12.1 Å². The van der Waals surface area contributed by atoms with Gasteiger partial charge in [0.15, 0.2) is 0 Å². The lowest BCUT2D eigenvalue weighted by molar-refractivity contribution is 0.316. The van der Waals surface area contributed by atoms with Gasteiger partial charge in [0.2, 0.25) is 0 Å². The van der Waals surface area contributed by atoms with Crippen LogP contribution < -0.4 is 14.4 Å². The van der Waals surface area contributed by atoms with Crippen LogP contribution in [-0.2, 0) is 0 Å². The maximum atomic E-state index is 5.91. The molecule has 2 heterocycles. The van der Waals surface area contributed by atoms with E-state index in [1.165, 1.54) is 22.3 Å². The minimum Gasteiger partial charge on any atom is -0.493 e.